The van der Waals surface area contributed by atoms with Crippen LogP contribution < -0.4 is 10.6 Å². The molecule has 1 atom stereocenters. The molecule has 0 unspecified atom stereocenters. The van der Waals surface area contributed by atoms with Gasteiger partial charge in [-0.2, -0.15) is 0 Å². The molecule has 1 aromatic carbocycles. The first-order valence-electron chi connectivity index (χ1n) is 5.84. The van der Waals surface area contributed by atoms with E-state index in [2.05, 4.69) is 10.6 Å². The summed E-state index contributed by atoms with van der Waals surface area (Å²) in [6, 6.07) is 8.62. The van der Waals surface area contributed by atoms with Gasteiger partial charge in [0.05, 0.1) is 0 Å². The van der Waals surface area contributed by atoms with E-state index in [0.717, 1.165) is 5.56 Å². The Balaban J connectivity index is 2.30. The predicted octanol–water partition coefficient (Wildman–Crippen LogP) is 1.16. The van der Waals surface area contributed by atoms with Crippen LogP contribution in [0.3, 0.4) is 0 Å². The number of amides is 4. The van der Waals surface area contributed by atoms with Crippen molar-refractivity contribution in [2.45, 2.75) is 19.3 Å². The van der Waals surface area contributed by atoms with Gasteiger partial charge in [-0.1, -0.05) is 37.3 Å². The highest BCUT2D eigenvalue weighted by atomic mass is 16.2. The predicted molar refractivity (Wildman–Crippen MR) is 64.6 cm³/mol. The summed E-state index contributed by atoms with van der Waals surface area (Å²) in [6.07, 6.45) is 0.643. The molecule has 1 saturated heterocycles. The number of benzene rings is 1. The lowest BCUT2D eigenvalue weighted by atomic mass is 9.82. The highest BCUT2D eigenvalue weighted by molar-refractivity contribution is 6.16. The van der Waals surface area contributed by atoms with Gasteiger partial charge in [0.2, 0.25) is 11.8 Å². The van der Waals surface area contributed by atoms with Gasteiger partial charge in [0.1, 0.15) is 5.92 Å². The van der Waals surface area contributed by atoms with Crippen LogP contribution in [-0.4, -0.2) is 17.8 Å². The Bertz CT molecular complexity index is 464. The normalized spacial score (nSPS) is 18.2. The lowest BCUT2D eigenvalue weighted by molar-refractivity contribution is -0.136. The average Bonchev–Trinajstić information content (AvgIpc) is 2.34. The Kier molecular flexibility index (Phi) is 3.41. The maximum Gasteiger partial charge on any atom is 0.328 e. The van der Waals surface area contributed by atoms with Crippen LogP contribution >= 0.6 is 0 Å². The van der Waals surface area contributed by atoms with E-state index in [-0.39, 0.29) is 5.92 Å². The highest BCUT2D eigenvalue weighted by Gasteiger charge is 2.39. The van der Waals surface area contributed by atoms with E-state index >= 15 is 0 Å². The Morgan fingerprint density at radius 1 is 1.06 bits per heavy atom. The van der Waals surface area contributed by atoms with Gasteiger partial charge in [0, 0.05) is 5.92 Å². The average molecular weight is 246 g/mol. The molecule has 2 rings (SSSR count). The van der Waals surface area contributed by atoms with Crippen molar-refractivity contribution in [3.05, 3.63) is 35.9 Å². The van der Waals surface area contributed by atoms with Crippen LogP contribution in [0.25, 0.3) is 0 Å². The quantitative estimate of drug-likeness (QED) is 0.786. The number of nitrogens with one attached hydrogen (secondary N) is 2. The maximum absolute atomic E-state index is 11.8. The fourth-order valence-electron chi connectivity index (χ4n) is 2.26. The number of carbonyl (C=O) groups excluding carboxylic acids is 3. The van der Waals surface area contributed by atoms with Crippen molar-refractivity contribution in [1.29, 1.82) is 0 Å². The monoisotopic (exact) mass is 246 g/mol. The van der Waals surface area contributed by atoms with Crippen LogP contribution in [0.4, 0.5) is 4.79 Å². The summed E-state index contributed by atoms with van der Waals surface area (Å²) in [4.78, 5) is 34.6. The fourth-order valence-corrected chi connectivity index (χ4v) is 2.26. The number of barbiturate groups is 1. The molecule has 1 aromatic rings. The first-order chi connectivity index (χ1) is 8.63. The minimum atomic E-state index is -0.852. The summed E-state index contributed by atoms with van der Waals surface area (Å²) >= 11 is 0. The topological polar surface area (TPSA) is 75.3 Å². The first kappa shape index (κ1) is 12.3. The second-order valence-electron chi connectivity index (χ2n) is 4.21. The standard InChI is InChI=1S/C13H14N2O3/c1-2-9(8-6-4-3-5-7-8)10-11(16)14-13(18)15-12(10)17/h3-7,9-10H,2H2,1H3,(H2,14,15,16,17,18)/t9-/m0/s1. The Labute approximate surface area is 105 Å². The molecule has 0 radical (unpaired) electrons. The number of hydrogen-bond acceptors (Lipinski definition) is 3. The summed E-state index contributed by atoms with van der Waals surface area (Å²) < 4.78 is 0. The van der Waals surface area contributed by atoms with Gasteiger partial charge in [0.15, 0.2) is 0 Å². The molecule has 94 valence electrons. The molecule has 0 bridgehead atoms. The Morgan fingerprint density at radius 2 is 1.61 bits per heavy atom. The van der Waals surface area contributed by atoms with E-state index in [9.17, 15) is 14.4 Å². The van der Waals surface area contributed by atoms with Gasteiger partial charge in [0.25, 0.3) is 0 Å². The maximum atomic E-state index is 11.8. The summed E-state index contributed by atoms with van der Waals surface area (Å²) in [7, 11) is 0. The van der Waals surface area contributed by atoms with E-state index in [0.29, 0.717) is 6.42 Å². The number of hydrogen-bond donors (Lipinski definition) is 2. The van der Waals surface area contributed by atoms with Crippen LogP contribution in [0.1, 0.15) is 24.8 Å². The molecule has 1 aliphatic heterocycles. The molecule has 1 fully saturated rings. The summed E-state index contributed by atoms with van der Waals surface area (Å²) in [6.45, 7) is 1.91. The van der Waals surface area contributed by atoms with E-state index < -0.39 is 23.8 Å². The van der Waals surface area contributed by atoms with Crippen molar-refractivity contribution in [2.75, 3.05) is 0 Å². The van der Waals surface area contributed by atoms with Crippen LogP contribution in [0.5, 0.6) is 0 Å². The molecule has 0 spiro atoms. The van der Waals surface area contributed by atoms with Crippen molar-refractivity contribution in [3.8, 4) is 0 Å². The Hall–Kier alpha value is -2.17. The van der Waals surface area contributed by atoms with Crippen LogP contribution in [0.2, 0.25) is 0 Å². The van der Waals surface area contributed by atoms with Crippen molar-refractivity contribution in [3.63, 3.8) is 0 Å². The summed E-state index contributed by atoms with van der Waals surface area (Å²) in [5, 5.41) is 4.27. The largest absolute Gasteiger partial charge is 0.328 e. The van der Waals surface area contributed by atoms with E-state index in [1.54, 1.807) is 0 Å². The van der Waals surface area contributed by atoms with Gasteiger partial charge in [-0.15, -0.1) is 0 Å². The van der Waals surface area contributed by atoms with E-state index in [4.69, 9.17) is 0 Å². The molecule has 1 heterocycles. The van der Waals surface area contributed by atoms with Gasteiger partial charge >= 0.3 is 6.03 Å². The Morgan fingerprint density at radius 3 is 2.11 bits per heavy atom. The van der Waals surface area contributed by atoms with Crippen LogP contribution in [-0.2, 0) is 9.59 Å². The first-order valence-corrected chi connectivity index (χ1v) is 5.84. The van der Waals surface area contributed by atoms with Gasteiger partial charge < -0.3 is 0 Å². The SMILES string of the molecule is CC[C@@H](c1ccccc1)C1C(=O)NC(=O)NC1=O. The lowest BCUT2D eigenvalue weighted by Gasteiger charge is -2.27. The molecule has 5 nitrogen and oxygen atoms in total. The van der Waals surface area contributed by atoms with Crippen molar-refractivity contribution in [1.82, 2.24) is 10.6 Å². The number of rotatable bonds is 3. The third-order valence-corrected chi connectivity index (χ3v) is 3.11. The molecule has 5 heteroatoms. The molecule has 0 saturated carbocycles. The van der Waals surface area contributed by atoms with Gasteiger partial charge in [-0.3, -0.25) is 20.2 Å². The molecule has 1 aliphatic rings. The zero-order chi connectivity index (χ0) is 13.1. The number of imide groups is 2. The zero-order valence-corrected chi connectivity index (χ0v) is 9.97. The number of urea groups is 1. The second kappa shape index (κ2) is 5.00. The highest BCUT2D eigenvalue weighted by Crippen LogP contribution is 2.29. The molecular weight excluding hydrogens is 232 g/mol. The van der Waals surface area contributed by atoms with E-state index in [1.807, 2.05) is 37.3 Å². The minimum absolute atomic E-state index is 0.223. The van der Waals surface area contributed by atoms with Crippen molar-refractivity contribution >= 4 is 17.8 Å². The molecule has 4 amide bonds. The third-order valence-electron chi connectivity index (χ3n) is 3.11. The molecule has 0 aromatic heterocycles. The van der Waals surface area contributed by atoms with Crippen molar-refractivity contribution in [2.24, 2.45) is 5.92 Å². The molecule has 2 N–H and O–H groups in total. The smallest absolute Gasteiger partial charge is 0.277 e. The zero-order valence-electron chi connectivity index (χ0n) is 9.97. The van der Waals surface area contributed by atoms with Crippen molar-refractivity contribution < 1.29 is 14.4 Å². The third kappa shape index (κ3) is 2.25. The minimum Gasteiger partial charge on any atom is -0.277 e. The van der Waals surface area contributed by atoms with Gasteiger partial charge in [-0.05, 0) is 12.0 Å². The number of carbonyl (C=O) groups is 3. The summed E-state index contributed by atoms with van der Waals surface area (Å²) in [5.41, 5.74) is 0.921. The molecule has 18 heavy (non-hydrogen) atoms. The molecule has 0 aliphatic carbocycles. The summed E-state index contributed by atoms with van der Waals surface area (Å²) in [5.74, 6) is -2.13. The lowest BCUT2D eigenvalue weighted by Crippen LogP contribution is -2.57. The van der Waals surface area contributed by atoms with Crippen LogP contribution in [0, 0.1) is 5.92 Å². The molecular formula is C13H14N2O3. The fraction of sp³-hybridized carbons (Fsp3) is 0.308. The van der Waals surface area contributed by atoms with E-state index in [1.165, 1.54) is 0 Å². The van der Waals surface area contributed by atoms with Gasteiger partial charge in [-0.25, -0.2) is 4.79 Å². The second-order valence-corrected chi connectivity index (χ2v) is 4.21. The van der Waals surface area contributed by atoms with Crippen LogP contribution in [0.15, 0.2) is 30.3 Å².